The zero-order valence-electron chi connectivity index (χ0n) is 21.1. The van der Waals surface area contributed by atoms with Crippen LogP contribution in [0.4, 0.5) is 9.52 Å². The molecule has 2 aromatic carbocycles. The van der Waals surface area contributed by atoms with E-state index in [0.717, 1.165) is 40.0 Å². The topological polar surface area (TPSA) is 99.6 Å². The number of fused-ring (bicyclic) bond motifs is 1. The highest BCUT2D eigenvalue weighted by molar-refractivity contribution is 7.89. The Morgan fingerprint density at radius 3 is 2.59 bits per heavy atom. The van der Waals surface area contributed by atoms with Gasteiger partial charge in [-0.15, -0.1) is 0 Å². The molecule has 0 aliphatic heterocycles. The molecule has 1 heterocycles. The fourth-order valence-electron chi connectivity index (χ4n) is 4.17. The number of hydrogen-bond donors (Lipinski definition) is 2. The summed E-state index contributed by atoms with van der Waals surface area (Å²) in [7, 11) is -3.92. The number of carbonyl (C=O) groups is 1. The lowest BCUT2D eigenvalue weighted by Crippen LogP contribution is -2.41. The van der Waals surface area contributed by atoms with E-state index in [2.05, 4.69) is 10.3 Å². The molecule has 2 N–H and O–H groups in total. The van der Waals surface area contributed by atoms with Crippen molar-refractivity contribution in [1.82, 2.24) is 9.29 Å². The first kappa shape index (κ1) is 27.6. The summed E-state index contributed by atoms with van der Waals surface area (Å²) in [5.74, 6) is -0.602. The van der Waals surface area contributed by atoms with Crippen molar-refractivity contribution in [2.45, 2.75) is 63.0 Å². The molecular formula is C27H34FN3O4S2. The summed E-state index contributed by atoms with van der Waals surface area (Å²) >= 11 is 1.43. The van der Waals surface area contributed by atoms with E-state index in [1.165, 1.54) is 27.8 Å². The Bertz CT molecular complexity index is 1310. The highest BCUT2D eigenvalue weighted by Crippen LogP contribution is 2.33. The van der Waals surface area contributed by atoms with E-state index < -0.39 is 22.0 Å². The van der Waals surface area contributed by atoms with E-state index in [1.807, 2.05) is 13.8 Å². The number of thiazole rings is 1. The maximum atomic E-state index is 13.8. The number of sulfonamides is 1. The van der Waals surface area contributed by atoms with Crippen LogP contribution in [0, 0.1) is 17.7 Å². The molecule has 1 aliphatic carbocycles. The van der Waals surface area contributed by atoms with E-state index in [1.54, 1.807) is 30.3 Å². The highest BCUT2D eigenvalue weighted by atomic mass is 32.2. The number of carbonyl (C=O) groups excluding carboxylic acids is 1. The van der Waals surface area contributed by atoms with Gasteiger partial charge in [0, 0.05) is 25.6 Å². The van der Waals surface area contributed by atoms with Gasteiger partial charge in [0.2, 0.25) is 10.0 Å². The van der Waals surface area contributed by atoms with Gasteiger partial charge in [0.1, 0.15) is 12.1 Å². The van der Waals surface area contributed by atoms with Crippen LogP contribution in [0.5, 0.6) is 0 Å². The third kappa shape index (κ3) is 7.34. The number of hydrogen-bond acceptors (Lipinski definition) is 7. The summed E-state index contributed by atoms with van der Waals surface area (Å²) in [5, 5.41) is 15.3. The number of rotatable bonds is 14. The number of halogens is 1. The molecule has 7 nitrogen and oxygen atoms in total. The van der Waals surface area contributed by atoms with Crippen LogP contribution in [0.3, 0.4) is 0 Å². The lowest BCUT2D eigenvalue weighted by Gasteiger charge is -2.29. The monoisotopic (exact) mass is 547 g/mol. The van der Waals surface area contributed by atoms with Crippen molar-refractivity contribution < 1.29 is 22.7 Å². The van der Waals surface area contributed by atoms with Gasteiger partial charge in [0.15, 0.2) is 5.13 Å². The number of aromatic nitrogens is 1. The van der Waals surface area contributed by atoms with E-state index in [9.17, 15) is 22.7 Å². The number of aldehydes is 1. The average Bonchev–Trinajstić information content (AvgIpc) is 3.57. The van der Waals surface area contributed by atoms with E-state index in [0.29, 0.717) is 18.9 Å². The maximum Gasteiger partial charge on any atom is 0.243 e. The molecule has 0 radical (unpaired) electrons. The normalized spacial score (nSPS) is 15.8. The lowest BCUT2D eigenvalue weighted by atomic mass is 9.91. The van der Waals surface area contributed by atoms with Gasteiger partial charge >= 0.3 is 0 Å². The number of benzene rings is 2. The molecule has 1 aromatic heterocycles. The van der Waals surface area contributed by atoms with Gasteiger partial charge in [0.25, 0.3) is 0 Å². The molecule has 0 saturated heterocycles. The average molecular weight is 548 g/mol. The molecule has 0 bridgehead atoms. The molecule has 0 spiro atoms. The van der Waals surface area contributed by atoms with Gasteiger partial charge in [-0.2, -0.15) is 4.31 Å². The SMILES string of the molecule is CC(C)CCN(C[C@@H](O)[C@@H](CC=O)Cc1ccc(F)cc1)S(=O)(=O)c1ccc2nc(NC3CC3)sc2c1. The Labute approximate surface area is 221 Å². The van der Waals surface area contributed by atoms with Crippen molar-refractivity contribution in [3.8, 4) is 0 Å². The third-order valence-electron chi connectivity index (χ3n) is 6.60. The number of aliphatic hydroxyl groups is 1. The molecule has 1 saturated carbocycles. The Morgan fingerprint density at radius 1 is 1.22 bits per heavy atom. The molecule has 2 atom stereocenters. The van der Waals surface area contributed by atoms with Gasteiger partial charge in [-0.3, -0.25) is 0 Å². The fraction of sp³-hybridized carbons (Fsp3) is 0.481. The van der Waals surface area contributed by atoms with Crippen LogP contribution in [-0.4, -0.2) is 54.3 Å². The third-order valence-corrected chi connectivity index (χ3v) is 9.41. The van der Waals surface area contributed by atoms with E-state index in [4.69, 9.17) is 0 Å². The molecule has 1 aliphatic rings. The van der Waals surface area contributed by atoms with Crippen LogP contribution >= 0.6 is 11.3 Å². The first-order valence-electron chi connectivity index (χ1n) is 12.7. The zero-order valence-corrected chi connectivity index (χ0v) is 22.8. The Balaban J connectivity index is 1.56. The van der Waals surface area contributed by atoms with Crippen LogP contribution in [0.25, 0.3) is 10.2 Å². The minimum Gasteiger partial charge on any atom is -0.391 e. The summed E-state index contributed by atoms with van der Waals surface area (Å²) in [6, 6.07) is 11.3. The fourth-order valence-corrected chi connectivity index (χ4v) is 6.73. The summed E-state index contributed by atoms with van der Waals surface area (Å²) in [6.45, 7) is 4.14. The van der Waals surface area contributed by atoms with Crippen LogP contribution in [0.15, 0.2) is 47.4 Å². The molecule has 4 rings (SSSR count). The highest BCUT2D eigenvalue weighted by Gasteiger charge is 2.30. The summed E-state index contributed by atoms with van der Waals surface area (Å²) in [6.07, 6.45) is 2.93. The van der Waals surface area contributed by atoms with Crippen molar-refractivity contribution >= 4 is 43.0 Å². The molecule has 37 heavy (non-hydrogen) atoms. The number of nitrogens with one attached hydrogen (secondary N) is 1. The Hall–Kier alpha value is -2.40. The first-order chi connectivity index (χ1) is 17.7. The van der Waals surface area contributed by atoms with Crippen LogP contribution in [0.2, 0.25) is 0 Å². The van der Waals surface area contributed by atoms with Gasteiger partial charge < -0.3 is 15.2 Å². The minimum atomic E-state index is -3.92. The molecule has 0 unspecified atom stereocenters. The predicted molar refractivity (Wildman–Crippen MR) is 145 cm³/mol. The van der Waals surface area contributed by atoms with Crippen molar-refractivity contribution in [2.24, 2.45) is 11.8 Å². The molecular weight excluding hydrogens is 513 g/mol. The summed E-state index contributed by atoms with van der Waals surface area (Å²) < 4.78 is 43.0. The quantitative estimate of drug-likeness (QED) is 0.280. The smallest absolute Gasteiger partial charge is 0.243 e. The van der Waals surface area contributed by atoms with Crippen LogP contribution < -0.4 is 5.32 Å². The molecule has 200 valence electrons. The van der Waals surface area contributed by atoms with Crippen LogP contribution in [0.1, 0.15) is 45.1 Å². The second-order valence-electron chi connectivity index (χ2n) is 10.2. The molecule has 0 amide bonds. The second-order valence-corrected chi connectivity index (χ2v) is 13.1. The van der Waals surface area contributed by atoms with E-state index in [-0.39, 0.29) is 36.1 Å². The van der Waals surface area contributed by atoms with Crippen molar-refractivity contribution in [3.05, 3.63) is 53.8 Å². The van der Waals surface area contributed by atoms with Crippen molar-refractivity contribution in [2.75, 3.05) is 18.4 Å². The van der Waals surface area contributed by atoms with E-state index >= 15 is 0 Å². The summed E-state index contributed by atoms with van der Waals surface area (Å²) in [4.78, 5) is 16.1. The van der Waals surface area contributed by atoms with Crippen LogP contribution in [-0.2, 0) is 21.2 Å². The molecule has 3 aromatic rings. The van der Waals surface area contributed by atoms with Gasteiger partial charge in [-0.1, -0.05) is 37.3 Å². The van der Waals surface area contributed by atoms with Gasteiger partial charge in [-0.05, 0) is 73.4 Å². The maximum absolute atomic E-state index is 13.8. The number of aliphatic hydroxyl groups excluding tert-OH is 1. The minimum absolute atomic E-state index is 0.0696. The van der Waals surface area contributed by atoms with Gasteiger partial charge in [0.05, 0.1) is 21.2 Å². The predicted octanol–water partition coefficient (Wildman–Crippen LogP) is 4.86. The molecule has 1 fully saturated rings. The number of anilines is 1. The summed E-state index contributed by atoms with van der Waals surface area (Å²) in [5.41, 5.74) is 1.52. The number of nitrogens with zero attached hydrogens (tertiary/aromatic N) is 2. The Kier molecular flexibility index (Phi) is 8.94. The van der Waals surface area contributed by atoms with Crippen molar-refractivity contribution in [3.63, 3.8) is 0 Å². The largest absolute Gasteiger partial charge is 0.391 e. The second kappa shape index (κ2) is 12.0. The lowest BCUT2D eigenvalue weighted by molar-refractivity contribution is -0.109. The molecule has 10 heteroatoms. The standard InChI is InChI=1S/C27H34FN3O4S2/c1-18(2)11-13-31(17-25(33)20(12-14-32)15-19-3-5-21(28)6-4-19)37(34,35)23-9-10-24-26(16-23)36-27(30-24)29-22-7-8-22/h3-6,9-10,14,16,18,20,22,25,33H,7-8,11-13,15,17H2,1-2H3,(H,29,30)/t20-,25+/m0/s1. The van der Waals surface area contributed by atoms with Gasteiger partial charge in [-0.25, -0.2) is 17.8 Å². The Morgan fingerprint density at radius 2 is 1.95 bits per heavy atom. The first-order valence-corrected chi connectivity index (χ1v) is 14.9. The van der Waals surface area contributed by atoms with Crippen molar-refractivity contribution in [1.29, 1.82) is 0 Å². The zero-order chi connectivity index (χ0) is 26.6.